The van der Waals surface area contributed by atoms with Crippen molar-refractivity contribution in [1.82, 2.24) is 14.8 Å². The molecule has 130 valence electrons. The molecule has 26 heavy (non-hydrogen) atoms. The van der Waals surface area contributed by atoms with E-state index in [-0.39, 0.29) is 5.91 Å². The van der Waals surface area contributed by atoms with Crippen LogP contribution in [0.1, 0.15) is 18.2 Å². The van der Waals surface area contributed by atoms with E-state index in [1.54, 1.807) is 54.3 Å². The van der Waals surface area contributed by atoms with E-state index < -0.39 is 6.10 Å². The van der Waals surface area contributed by atoms with E-state index in [0.717, 1.165) is 5.69 Å². The van der Waals surface area contributed by atoms with Crippen molar-refractivity contribution in [3.8, 4) is 11.8 Å². The third-order valence-electron chi connectivity index (χ3n) is 3.62. The summed E-state index contributed by atoms with van der Waals surface area (Å²) in [5.41, 5.74) is 1.25. The Bertz CT molecular complexity index is 930. The normalized spacial score (nSPS) is 11.4. The molecular weight excluding hydrogens is 330 g/mol. The lowest BCUT2D eigenvalue weighted by Gasteiger charge is -2.14. The number of benzene rings is 1. The fourth-order valence-corrected chi connectivity index (χ4v) is 2.31. The minimum absolute atomic E-state index is 0.346. The Hall–Kier alpha value is -3.66. The fourth-order valence-electron chi connectivity index (χ4n) is 2.31. The van der Waals surface area contributed by atoms with Gasteiger partial charge in [-0.3, -0.25) is 14.5 Å². The zero-order valence-electron chi connectivity index (χ0n) is 14.2. The Labute approximate surface area is 150 Å². The molecule has 0 saturated heterocycles. The number of nitriles is 1. The molecule has 1 amide bonds. The van der Waals surface area contributed by atoms with Gasteiger partial charge in [-0.2, -0.15) is 10.4 Å². The molecule has 0 fully saturated rings. The van der Waals surface area contributed by atoms with E-state index in [9.17, 15) is 4.79 Å². The second-order valence-corrected chi connectivity index (χ2v) is 5.58. The third-order valence-corrected chi connectivity index (χ3v) is 3.62. The Morgan fingerprint density at radius 1 is 1.27 bits per heavy atom. The summed E-state index contributed by atoms with van der Waals surface area (Å²) in [5.74, 6) is 0.453. The molecule has 0 spiro atoms. The molecule has 3 rings (SSSR count). The largest absolute Gasteiger partial charge is 0.480 e. The molecule has 0 saturated carbocycles. The second kappa shape index (κ2) is 7.94. The SMILES string of the molecule is CC(Oc1ccccc1C#N)C(=O)Nc1ccn(Cc2ccccn2)n1. The highest BCUT2D eigenvalue weighted by molar-refractivity contribution is 5.93. The standard InChI is InChI=1S/C19H17N5O2/c1-14(26-17-8-3-2-6-15(17)12-20)19(25)22-18-9-11-24(23-18)13-16-7-4-5-10-21-16/h2-11,14H,13H2,1H3,(H,22,23,25). The van der Waals surface area contributed by atoms with Gasteiger partial charge in [-0.05, 0) is 31.2 Å². The summed E-state index contributed by atoms with van der Waals surface area (Å²) < 4.78 is 7.28. The Morgan fingerprint density at radius 3 is 2.85 bits per heavy atom. The molecule has 0 bridgehead atoms. The smallest absolute Gasteiger partial charge is 0.266 e. The first kappa shape index (κ1) is 17.2. The van der Waals surface area contributed by atoms with Crippen molar-refractivity contribution in [2.45, 2.75) is 19.6 Å². The Kier molecular flexibility index (Phi) is 5.25. The molecule has 7 nitrogen and oxygen atoms in total. The van der Waals surface area contributed by atoms with E-state index >= 15 is 0 Å². The van der Waals surface area contributed by atoms with Crippen LogP contribution in [0.3, 0.4) is 0 Å². The van der Waals surface area contributed by atoms with Gasteiger partial charge in [0.2, 0.25) is 0 Å². The maximum Gasteiger partial charge on any atom is 0.266 e. The topological polar surface area (TPSA) is 92.8 Å². The Morgan fingerprint density at radius 2 is 2.08 bits per heavy atom. The molecule has 1 atom stereocenters. The first-order valence-electron chi connectivity index (χ1n) is 8.06. The molecule has 2 heterocycles. The van der Waals surface area contributed by atoms with Gasteiger partial charge in [0.25, 0.3) is 5.91 Å². The van der Waals surface area contributed by atoms with Crippen LogP contribution in [-0.4, -0.2) is 26.8 Å². The molecule has 0 aliphatic carbocycles. The van der Waals surface area contributed by atoms with Crippen molar-refractivity contribution in [1.29, 1.82) is 5.26 Å². The average Bonchev–Trinajstić information content (AvgIpc) is 3.09. The lowest BCUT2D eigenvalue weighted by Crippen LogP contribution is -2.30. The van der Waals surface area contributed by atoms with Crippen LogP contribution in [0.2, 0.25) is 0 Å². The summed E-state index contributed by atoms with van der Waals surface area (Å²) in [7, 11) is 0. The van der Waals surface area contributed by atoms with Crippen LogP contribution in [-0.2, 0) is 11.3 Å². The minimum Gasteiger partial charge on any atom is -0.480 e. The first-order chi connectivity index (χ1) is 12.7. The molecule has 3 aromatic rings. The molecule has 1 N–H and O–H groups in total. The zero-order valence-corrected chi connectivity index (χ0v) is 14.2. The van der Waals surface area contributed by atoms with Crippen molar-refractivity contribution < 1.29 is 9.53 Å². The number of carbonyl (C=O) groups is 1. The number of carbonyl (C=O) groups excluding carboxylic acids is 1. The van der Waals surface area contributed by atoms with E-state index in [0.29, 0.717) is 23.7 Å². The summed E-state index contributed by atoms with van der Waals surface area (Å²) >= 11 is 0. The van der Waals surface area contributed by atoms with Gasteiger partial charge in [-0.25, -0.2) is 0 Å². The van der Waals surface area contributed by atoms with Crippen molar-refractivity contribution in [2.24, 2.45) is 0 Å². The number of aromatic nitrogens is 3. The number of nitrogens with one attached hydrogen (secondary N) is 1. The minimum atomic E-state index is -0.773. The molecular formula is C19H17N5O2. The van der Waals surface area contributed by atoms with Crippen molar-refractivity contribution in [2.75, 3.05) is 5.32 Å². The average molecular weight is 347 g/mol. The van der Waals surface area contributed by atoms with Gasteiger partial charge in [-0.1, -0.05) is 18.2 Å². The molecule has 2 aromatic heterocycles. The van der Waals surface area contributed by atoms with Gasteiger partial charge >= 0.3 is 0 Å². The van der Waals surface area contributed by atoms with Crippen LogP contribution in [0.5, 0.6) is 5.75 Å². The van der Waals surface area contributed by atoms with Gasteiger partial charge in [0.05, 0.1) is 17.8 Å². The molecule has 7 heteroatoms. The number of hydrogen-bond acceptors (Lipinski definition) is 5. The highest BCUT2D eigenvalue weighted by Crippen LogP contribution is 2.18. The Balaban J connectivity index is 1.60. The lowest BCUT2D eigenvalue weighted by molar-refractivity contribution is -0.122. The van der Waals surface area contributed by atoms with Crippen molar-refractivity contribution >= 4 is 11.7 Å². The summed E-state index contributed by atoms with van der Waals surface area (Å²) in [6.45, 7) is 2.13. The van der Waals surface area contributed by atoms with E-state index in [4.69, 9.17) is 10.00 Å². The maximum absolute atomic E-state index is 12.3. The zero-order chi connectivity index (χ0) is 18.4. The van der Waals surface area contributed by atoms with E-state index in [1.165, 1.54) is 0 Å². The molecule has 0 aliphatic rings. The quantitative estimate of drug-likeness (QED) is 0.740. The number of pyridine rings is 1. The predicted molar refractivity (Wildman–Crippen MR) is 95.4 cm³/mol. The fraction of sp³-hybridized carbons (Fsp3) is 0.158. The van der Waals surface area contributed by atoms with Gasteiger partial charge in [-0.15, -0.1) is 0 Å². The van der Waals surface area contributed by atoms with Crippen molar-refractivity contribution in [3.63, 3.8) is 0 Å². The van der Waals surface area contributed by atoms with Crippen LogP contribution in [0.25, 0.3) is 0 Å². The number of amides is 1. The number of hydrogen-bond donors (Lipinski definition) is 1. The molecule has 1 unspecified atom stereocenters. The van der Waals surface area contributed by atoms with Gasteiger partial charge in [0.15, 0.2) is 11.9 Å². The van der Waals surface area contributed by atoms with Crippen LogP contribution < -0.4 is 10.1 Å². The number of anilines is 1. The van der Waals surface area contributed by atoms with Crippen LogP contribution >= 0.6 is 0 Å². The van der Waals surface area contributed by atoms with Crippen LogP contribution in [0, 0.1) is 11.3 Å². The summed E-state index contributed by atoms with van der Waals surface area (Å²) in [6, 6.07) is 16.2. The second-order valence-electron chi connectivity index (χ2n) is 5.58. The van der Waals surface area contributed by atoms with Gasteiger partial charge in [0.1, 0.15) is 11.8 Å². The summed E-state index contributed by atoms with van der Waals surface area (Å²) in [5, 5.41) is 16.1. The first-order valence-corrected chi connectivity index (χ1v) is 8.06. The molecule has 1 aromatic carbocycles. The van der Waals surface area contributed by atoms with Crippen LogP contribution in [0.15, 0.2) is 60.9 Å². The van der Waals surface area contributed by atoms with E-state index in [1.807, 2.05) is 24.3 Å². The summed E-state index contributed by atoms with van der Waals surface area (Å²) in [4.78, 5) is 16.5. The maximum atomic E-state index is 12.3. The summed E-state index contributed by atoms with van der Waals surface area (Å²) in [6.07, 6.45) is 2.71. The molecule has 0 radical (unpaired) electrons. The van der Waals surface area contributed by atoms with Crippen molar-refractivity contribution in [3.05, 3.63) is 72.2 Å². The number of ether oxygens (including phenoxy) is 1. The van der Waals surface area contributed by atoms with Gasteiger partial charge in [0, 0.05) is 18.5 Å². The third kappa shape index (κ3) is 4.24. The lowest BCUT2D eigenvalue weighted by atomic mass is 10.2. The van der Waals surface area contributed by atoms with Crippen LogP contribution in [0.4, 0.5) is 5.82 Å². The number of para-hydroxylation sites is 1. The number of rotatable bonds is 6. The highest BCUT2D eigenvalue weighted by atomic mass is 16.5. The molecule has 0 aliphatic heterocycles. The monoisotopic (exact) mass is 347 g/mol. The van der Waals surface area contributed by atoms with E-state index in [2.05, 4.69) is 15.4 Å². The number of nitrogens with zero attached hydrogens (tertiary/aromatic N) is 4. The predicted octanol–water partition coefficient (Wildman–Crippen LogP) is 2.60. The van der Waals surface area contributed by atoms with Gasteiger partial charge < -0.3 is 10.1 Å². The highest BCUT2D eigenvalue weighted by Gasteiger charge is 2.17.